The first-order valence-corrected chi connectivity index (χ1v) is 7.52. The molecule has 0 amide bonds. The van der Waals surface area contributed by atoms with Crippen molar-refractivity contribution in [3.8, 4) is 0 Å². The molecular weight excluding hydrogens is 275 g/mol. The minimum absolute atomic E-state index is 0.0104. The van der Waals surface area contributed by atoms with Crippen molar-refractivity contribution in [2.75, 3.05) is 0 Å². The highest BCUT2D eigenvalue weighted by Gasteiger charge is 2.16. The van der Waals surface area contributed by atoms with E-state index in [0.717, 1.165) is 10.4 Å². The van der Waals surface area contributed by atoms with Crippen LogP contribution >= 0.6 is 11.3 Å². The van der Waals surface area contributed by atoms with Crippen molar-refractivity contribution >= 4 is 11.3 Å². The van der Waals surface area contributed by atoms with Gasteiger partial charge in [-0.05, 0) is 43.3 Å². The molecule has 0 aliphatic heterocycles. The van der Waals surface area contributed by atoms with E-state index < -0.39 is 6.10 Å². The predicted molar refractivity (Wildman–Crippen MR) is 79.1 cm³/mol. The Labute approximate surface area is 122 Å². The van der Waals surface area contributed by atoms with Crippen LogP contribution < -0.4 is 5.32 Å². The number of pyridine rings is 1. The molecule has 2 aromatic heterocycles. The van der Waals surface area contributed by atoms with Gasteiger partial charge in [-0.1, -0.05) is 6.07 Å². The molecule has 2 rings (SSSR count). The average Bonchev–Trinajstić information content (AvgIpc) is 2.92. The minimum atomic E-state index is -0.463. The summed E-state index contributed by atoms with van der Waals surface area (Å²) in [5.74, 6) is -0.331. The first-order chi connectivity index (χ1) is 9.56. The second-order valence-corrected chi connectivity index (χ2v) is 5.97. The van der Waals surface area contributed by atoms with E-state index in [2.05, 4.69) is 10.3 Å². The summed E-state index contributed by atoms with van der Waals surface area (Å²) in [6.07, 6.45) is 3.01. The number of nitrogens with one attached hydrogen (secondary N) is 1. The zero-order chi connectivity index (χ0) is 14.5. The standard InChI is InChI=1S/C15H19FN2OS/c1-10(6-14(19)15-4-3-5-20-15)18-11(2)12-7-13(16)9-17-8-12/h3-5,7-11,14,18-19H,6H2,1-2H3. The van der Waals surface area contributed by atoms with Crippen molar-refractivity contribution in [2.24, 2.45) is 0 Å². The van der Waals surface area contributed by atoms with Crippen LogP contribution in [0.2, 0.25) is 0 Å². The number of hydrogen-bond acceptors (Lipinski definition) is 4. The SMILES string of the molecule is CC(CC(O)c1cccs1)NC(C)c1cncc(F)c1. The Morgan fingerprint density at radius 3 is 2.85 bits per heavy atom. The molecule has 0 fully saturated rings. The van der Waals surface area contributed by atoms with Gasteiger partial charge in [-0.25, -0.2) is 4.39 Å². The van der Waals surface area contributed by atoms with Gasteiger partial charge in [0.1, 0.15) is 5.82 Å². The van der Waals surface area contributed by atoms with Crippen LogP contribution in [0.3, 0.4) is 0 Å². The van der Waals surface area contributed by atoms with E-state index in [9.17, 15) is 9.50 Å². The molecule has 3 unspecified atom stereocenters. The zero-order valence-electron chi connectivity index (χ0n) is 11.6. The Morgan fingerprint density at radius 2 is 2.20 bits per heavy atom. The van der Waals surface area contributed by atoms with Crippen molar-refractivity contribution in [3.05, 3.63) is 52.2 Å². The van der Waals surface area contributed by atoms with Gasteiger partial charge in [-0.2, -0.15) is 0 Å². The van der Waals surface area contributed by atoms with Gasteiger partial charge in [0.05, 0.1) is 12.3 Å². The summed E-state index contributed by atoms with van der Waals surface area (Å²) >= 11 is 1.55. The van der Waals surface area contributed by atoms with E-state index in [-0.39, 0.29) is 17.9 Å². The normalized spacial score (nSPS) is 15.8. The summed E-state index contributed by atoms with van der Waals surface area (Å²) in [5, 5.41) is 15.4. The van der Waals surface area contributed by atoms with Crippen molar-refractivity contribution < 1.29 is 9.50 Å². The first kappa shape index (κ1) is 15.1. The molecule has 0 bridgehead atoms. The van der Waals surface area contributed by atoms with Crippen LogP contribution in [0.15, 0.2) is 36.0 Å². The number of thiophene rings is 1. The van der Waals surface area contributed by atoms with E-state index in [0.29, 0.717) is 6.42 Å². The highest BCUT2D eigenvalue weighted by molar-refractivity contribution is 7.10. The third kappa shape index (κ3) is 4.10. The van der Waals surface area contributed by atoms with Gasteiger partial charge in [0.25, 0.3) is 0 Å². The maximum atomic E-state index is 13.1. The van der Waals surface area contributed by atoms with E-state index >= 15 is 0 Å². The second kappa shape index (κ2) is 6.92. The molecule has 2 aromatic rings. The van der Waals surface area contributed by atoms with Crippen molar-refractivity contribution in [3.63, 3.8) is 0 Å². The summed E-state index contributed by atoms with van der Waals surface area (Å²) in [6, 6.07) is 5.45. The van der Waals surface area contributed by atoms with Crippen LogP contribution in [-0.4, -0.2) is 16.1 Å². The monoisotopic (exact) mass is 294 g/mol. The molecule has 2 heterocycles. The molecule has 0 aliphatic carbocycles. The lowest BCUT2D eigenvalue weighted by Gasteiger charge is -2.22. The van der Waals surface area contributed by atoms with E-state index in [4.69, 9.17) is 0 Å². The molecule has 108 valence electrons. The summed E-state index contributed by atoms with van der Waals surface area (Å²) in [4.78, 5) is 4.82. The first-order valence-electron chi connectivity index (χ1n) is 6.64. The number of aliphatic hydroxyl groups excluding tert-OH is 1. The highest BCUT2D eigenvalue weighted by atomic mass is 32.1. The van der Waals surface area contributed by atoms with E-state index in [1.54, 1.807) is 17.5 Å². The van der Waals surface area contributed by atoms with Gasteiger partial charge in [0.15, 0.2) is 0 Å². The van der Waals surface area contributed by atoms with Crippen LogP contribution in [0.1, 0.15) is 42.9 Å². The Morgan fingerprint density at radius 1 is 1.40 bits per heavy atom. The van der Waals surface area contributed by atoms with Crippen LogP contribution in [0.4, 0.5) is 4.39 Å². The van der Waals surface area contributed by atoms with Crippen molar-refractivity contribution in [1.82, 2.24) is 10.3 Å². The number of rotatable bonds is 6. The summed E-state index contributed by atoms with van der Waals surface area (Å²) in [6.45, 7) is 3.98. The van der Waals surface area contributed by atoms with Gasteiger partial charge in [-0.3, -0.25) is 4.98 Å². The maximum absolute atomic E-state index is 13.1. The van der Waals surface area contributed by atoms with Crippen molar-refractivity contribution in [2.45, 2.75) is 38.5 Å². The molecule has 20 heavy (non-hydrogen) atoms. The predicted octanol–water partition coefficient (Wildman–Crippen LogP) is 3.45. The molecule has 3 nitrogen and oxygen atoms in total. The van der Waals surface area contributed by atoms with Gasteiger partial charge in [-0.15, -0.1) is 11.3 Å². The lowest BCUT2D eigenvalue weighted by molar-refractivity contribution is 0.155. The molecule has 0 aliphatic rings. The largest absolute Gasteiger partial charge is 0.388 e. The lowest BCUT2D eigenvalue weighted by atomic mass is 10.1. The molecule has 0 radical (unpaired) electrons. The maximum Gasteiger partial charge on any atom is 0.141 e. The smallest absolute Gasteiger partial charge is 0.141 e. The number of halogens is 1. The minimum Gasteiger partial charge on any atom is -0.388 e. The number of nitrogens with zero attached hydrogens (tertiary/aromatic N) is 1. The summed E-state index contributed by atoms with van der Waals surface area (Å²) in [7, 11) is 0. The fourth-order valence-electron chi connectivity index (χ4n) is 2.19. The average molecular weight is 294 g/mol. The lowest BCUT2D eigenvalue weighted by Crippen LogP contribution is -2.30. The third-order valence-corrected chi connectivity index (χ3v) is 4.18. The quantitative estimate of drug-likeness (QED) is 0.858. The highest BCUT2D eigenvalue weighted by Crippen LogP contribution is 2.23. The fraction of sp³-hybridized carbons (Fsp3) is 0.400. The Kier molecular flexibility index (Phi) is 5.23. The van der Waals surface area contributed by atoms with Crippen LogP contribution in [-0.2, 0) is 0 Å². The molecule has 0 aromatic carbocycles. The zero-order valence-corrected chi connectivity index (χ0v) is 12.4. The molecular formula is C15H19FN2OS. The number of aromatic nitrogens is 1. The molecule has 0 saturated carbocycles. The Balaban J connectivity index is 1.89. The molecule has 0 spiro atoms. The molecule has 2 N–H and O–H groups in total. The number of aliphatic hydroxyl groups is 1. The number of hydrogen-bond donors (Lipinski definition) is 2. The molecule has 0 saturated heterocycles. The van der Waals surface area contributed by atoms with Gasteiger partial charge in [0, 0.05) is 23.2 Å². The van der Waals surface area contributed by atoms with E-state index in [1.807, 2.05) is 31.4 Å². The molecule has 3 atom stereocenters. The van der Waals surface area contributed by atoms with Gasteiger partial charge >= 0.3 is 0 Å². The fourth-order valence-corrected chi connectivity index (χ4v) is 2.91. The van der Waals surface area contributed by atoms with Crippen LogP contribution in [0, 0.1) is 5.82 Å². The van der Waals surface area contributed by atoms with Crippen LogP contribution in [0.25, 0.3) is 0 Å². The van der Waals surface area contributed by atoms with Crippen molar-refractivity contribution in [1.29, 1.82) is 0 Å². The Bertz CT molecular complexity index is 532. The van der Waals surface area contributed by atoms with Gasteiger partial charge < -0.3 is 10.4 Å². The molecule has 5 heteroatoms. The summed E-state index contributed by atoms with van der Waals surface area (Å²) in [5.41, 5.74) is 0.808. The summed E-state index contributed by atoms with van der Waals surface area (Å²) < 4.78 is 13.1. The third-order valence-electron chi connectivity index (χ3n) is 3.21. The van der Waals surface area contributed by atoms with Gasteiger partial charge in [0.2, 0.25) is 0 Å². The topological polar surface area (TPSA) is 45.1 Å². The Hall–Kier alpha value is -1.30. The van der Waals surface area contributed by atoms with E-state index in [1.165, 1.54) is 12.3 Å². The van der Waals surface area contributed by atoms with Crippen LogP contribution in [0.5, 0.6) is 0 Å². The second-order valence-electron chi connectivity index (χ2n) is 4.99.